The fourth-order valence-corrected chi connectivity index (χ4v) is 5.43. The molecular formula is C21H29NO5S. The summed E-state index contributed by atoms with van der Waals surface area (Å²) in [5.41, 5.74) is 0.746. The molecule has 0 radical (unpaired) electrons. The molecule has 2 fully saturated rings. The lowest BCUT2D eigenvalue weighted by Gasteiger charge is -2.20. The van der Waals surface area contributed by atoms with Crippen molar-refractivity contribution in [2.75, 3.05) is 5.32 Å². The number of rotatable bonds is 6. The molecule has 2 aliphatic carbocycles. The SMILES string of the molecule is Cc1c(C(=O)OC(C)C)sc(NC(=O)C2C[C@@H]3CC[C@H]2C3)c1C(=O)OC(C)C. The van der Waals surface area contributed by atoms with Crippen LogP contribution in [0.1, 0.15) is 79.0 Å². The summed E-state index contributed by atoms with van der Waals surface area (Å²) in [5.74, 6) is -0.0144. The molecule has 0 saturated heterocycles. The molecule has 1 unspecified atom stereocenters. The molecule has 0 aromatic carbocycles. The van der Waals surface area contributed by atoms with E-state index in [2.05, 4.69) is 5.32 Å². The molecule has 2 bridgehead atoms. The van der Waals surface area contributed by atoms with Gasteiger partial charge in [0.1, 0.15) is 9.88 Å². The summed E-state index contributed by atoms with van der Waals surface area (Å²) >= 11 is 1.09. The molecule has 1 aromatic rings. The van der Waals surface area contributed by atoms with Gasteiger partial charge in [-0.1, -0.05) is 6.42 Å². The topological polar surface area (TPSA) is 81.7 Å². The highest BCUT2D eigenvalue weighted by molar-refractivity contribution is 7.18. The fraction of sp³-hybridized carbons (Fsp3) is 0.667. The third kappa shape index (κ3) is 4.24. The lowest BCUT2D eigenvalue weighted by molar-refractivity contribution is -0.121. The number of ether oxygens (including phenoxy) is 2. The van der Waals surface area contributed by atoms with Crippen molar-refractivity contribution in [1.29, 1.82) is 0 Å². The normalized spacial score (nSPS) is 23.3. The van der Waals surface area contributed by atoms with Gasteiger partial charge >= 0.3 is 11.9 Å². The van der Waals surface area contributed by atoms with E-state index in [0.717, 1.165) is 30.6 Å². The van der Waals surface area contributed by atoms with Crippen LogP contribution in [-0.2, 0) is 14.3 Å². The van der Waals surface area contributed by atoms with Crippen molar-refractivity contribution >= 4 is 34.2 Å². The molecule has 6 nitrogen and oxygen atoms in total. The smallest absolute Gasteiger partial charge is 0.348 e. The third-order valence-electron chi connectivity index (χ3n) is 5.53. The van der Waals surface area contributed by atoms with Crippen LogP contribution in [0.2, 0.25) is 0 Å². The van der Waals surface area contributed by atoms with Gasteiger partial charge in [-0.25, -0.2) is 9.59 Å². The first kappa shape index (κ1) is 20.8. The van der Waals surface area contributed by atoms with E-state index < -0.39 is 11.9 Å². The lowest BCUT2D eigenvalue weighted by Crippen LogP contribution is -2.27. The Hall–Kier alpha value is -1.89. The van der Waals surface area contributed by atoms with Crippen LogP contribution in [0.25, 0.3) is 0 Å². The Balaban J connectivity index is 1.88. The quantitative estimate of drug-likeness (QED) is 0.699. The van der Waals surface area contributed by atoms with Crippen molar-refractivity contribution < 1.29 is 23.9 Å². The predicted octanol–water partition coefficient (Wildman–Crippen LogP) is 4.56. The minimum atomic E-state index is -0.532. The summed E-state index contributed by atoms with van der Waals surface area (Å²) in [7, 11) is 0. The predicted molar refractivity (Wildman–Crippen MR) is 108 cm³/mol. The summed E-state index contributed by atoms with van der Waals surface area (Å²) in [4.78, 5) is 38.3. The van der Waals surface area contributed by atoms with Gasteiger partial charge in [-0.05, 0) is 71.3 Å². The Bertz CT molecular complexity index is 782. The first-order chi connectivity index (χ1) is 13.2. The number of carbonyl (C=O) groups excluding carboxylic acids is 3. The zero-order valence-electron chi connectivity index (χ0n) is 17.2. The maximum atomic E-state index is 12.9. The molecule has 0 aliphatic heterocycles. The van der Waals surface area contributed by atoms with Gasteiger partial charge < -0.3 is 14.8 Å². The van der Waals surface area contributed by atoms with Crippen LogP contribution >= 0.6 is 11.3 Å². The van der Waals surface area contributed by atoms with Gasteiger partial charge in [0, 0.05) is 5.92 Å². The monoisotopic (exact) mass is 407 g/mol. The second-order valence-corrected chi connectivity index (χ2v) is 9.46. The number of anilines is 1. The summed E-state index contributed by atoms with van der Waals surface area (Å²) < 4.78 is 10.7. The van der Waals surface area contributed by atoms with Gasteiger partial charge in [-0.15, -0.1) is 11.3 Å². The molecule has 2 aliphatic rings. The second-order valence-electron chi connectivity index (χ2n) is 8.44. The molecule has 1 aromatic heterocycles. The summed E-state index contributed by atoms with van der Waals surface area (Å²) in [5, 5.41) is 3.31. The molecule has 3 rings (SSSR count). The average Bonchev–Trinajstić information content (AvgIpc) is 3.27. The molecule has 7 heteroatoms. The second kappa shape index (κ2) is 8.23. The van der Waals surface area contributed by atoms with Crippen molar-refractivity contribution in [3.63, 3.8) is 0 Å². The maximum Gasteiger partial charge on any atom is 0.348 e. The number of carbonyl (C=O) groups is 3. The van der Waals surface area contributed by atoms with Gasteiger partial charge in [0.25, 0.3) is 0 Å². The number of thiophene rings is 1. The Labute approximate surface area is 170 Å². The van der Waals surface area contributed by atoms with Crippen molar-refractivity contribution in [3.8, 4) is 0 Å². The Morgan fingerprint density at radius 3 is 2.18 bits per heavy atom. The van der Waals surface area contributed by atoms with Crippen LogP contribution in [0, 0.1) is 24.7 Å². The summed E-state index contributed by atoms with van der Waals surface area (Å²) in [6.45, 7) is 8.76. The minimum Gasteiger partial charge on any atom is -0.459 e. The van der Waals surface area contributed by atoms with Gasteiger partial charge in [0.05, 0.1) is 17.8 Å². The van der Waals surface area contributed by atoms with E-state index in [0.29, 0.717) is 27.3 Å². The van der Waals surface area contributed by atoms with Gasteiger partial charge in [-0.2, -0.15) is 0 Å². The zero-order chi connectivity index (χ0) is 20.6. The third-order valence-corrected chi connectivity index (χ3v) is 6.72. The van der Waals surface area contributed by atoms with Crippen molar-refractivity contribution in [1.82, 2.24) is 0 Å². The zero-order valence-corrected chi connectivity index (χ0v) is 18.0. The standard InChI is InChI=1S/C21H29NO5S/c1-10(2)26-20(24)16-12(5)17(21(25)27-11(3)4)28-19(16)22-18(23)15-9-13-6-7-14(15)8-13/h10-11,13-15H,6-9H2,1-5H3,(H,22,23)/t13-,14+,15?/m1/s1. The van der Waals surface area contributed by atoms with Gasteiger partial charge in [0.15, 0.2) is 0 Å². The molecule has 3 atom stereocenters. The van der Waals surface area contributed by atoms with Crippen LogP contribution < -0.4 is 5.32 Å². The highest BCUT2D eigenvalue weighted by Gasteiger charge is 2.43. The van der Waals surface area contributed by atoms with E-state index in [9.17, 15) is 14.4 Å². The molecule has 1 heterocycles. The summed E-state index contributed by atoms with van der Waals surface area (Å²) in [6, 6.07) is 0. The van der Waals surface area contributed by atoms with Crippen molar-refractivity contribution in [2.45, 2.75) is 72.5 Å². The number of hydrogen-bond acceptors (Lipinski definition) is 6. The Morgan fingerprint density at radius 2 is 1.64 bits per heavy atom. The van der Waals surface area contributed by atoms with E-state index in [1.54, 1.807) is 34.6 Å². The molecule has 1 amide bonds. The summed E-state index contributed by atoms with van der Waals surface area (Å²) in [6.07, 6.45) is 3.77. The Kier molecular flexibility index (Phi) is 6.12. The maximum absolute atomic E-state index is 12.9. The van der Waals surface area contributed by atoms with Crippen LogP contribution in [-0.4, -0.2) is 30.1 Å². The van der Waals surface area contributed by atoms with Crippen LogP contribution in [0.3, 0.4) is 0 Å². The van der Waals surface area contributed by atoms with E-state index >= 15 is 0 Å². The molecule has 0 spiro atoms. The molecule has 154 valence electrons. The molecule has 1 N–H and O–H groups in total. The van der Waals surface area contributed by atoms with Crippen molar-refractivity contribution in [2.24, 2.45) is 17.8 Å². The number of esters is 2. The largest absolute Gasteiger partial charge is 0.459 e. The number of hydrogen-bond donors (Lipinski definition) is 1. The van der Waals surface area contributed by atoms with Gasteiger partial charge in [0.2, 0.25) is 5.91 Å². The fourth-order valence-electron chi connectivity index (χ4n) is 4.35. The molecular weight excluding hydrogens is 378 g/mol. The van der Waals surface area contributed by atoms with Crippen LogP contribution in [0.5, 0.6) is 0 Å². The van der Waals surface area contributed by atoms with E-state index in [-0.39, 0.29) is 29.6 Å². The number of nitrogens with one attached hydrogen (secondary N) is 1. The van der Waals surface area contributed by atoms with Crippen molar-refractivity contribution in [3.05, 3.63) is 16.0 Å². The average molecular weight is 408 g/mol. The molecule has 28 heavy (non-hydrogen) atoms. The lowest BCUT2D eigenvalue weighted by atomic mass is 9.88. The highest BCUT2D eigenvalue weighted by atomic mass is 32.1. The highest BCUT2D eigenvalue weighted by Crippen LogP contribution is 2.49. The molecule has 2 saturated carbocycles. The first-order valence-electron chi connectivity index (χ1n) is 10.0. The van der Waals surface area contributed by atoms with E-state index in [1.165, 1.54) is 6.42 Å². The first-order valence-corrected chi connectivity index (χ1v) is 10.8. The number of fused-ring (bicyclic) bond motifs is 2. The van der Waals surface area contributed by atoms with Gasteiger partial charge in [-0.3, -0.25) is 4.79 Å². The van der Waals surface area contributed by atoms with Crippen LogP contribution in [0.15, 0.2) is 0 Å². The number of amides is 1. The van der Waals surface area contributed by atoms with Crippen LogP contribution in [0.4, 0.5) is 5.00 Å². The Morgan fingerprint density at radius 1 is 1.00 bits per heavy atom. The van der Waals surface area contributed by atoms with E-state index in [4.69, 9.17) is 9.47 Å². The minimum absolute atomic E-state index is 0.0128. The van der Waals surface area contributed by atoms with E-state index in [1.807, 2.05) is 0 Å².